The molecule has 0 fully saturated rings. The van der Waals surface area contributed by atoms with Gasteiger partial charge in [0.25, 0.3) is 0 Å². The van der Waals surface area contributed by atoms with Gasteiger partial charge in [-0.2, -0.15) is 0 Å². The molecule has 6 nitrogen and oxygen atoms in total. The van der Waals surface area contributed by atoms with Crippen molar-refractivity contribution < 1.29 is 18.7 Å². The number of anilines is 1. The van der Waals surface area contributed by atoms with Crippen LogP contribution in [0.15, 0.2) is 42.6 Å². The zero-order valence-corrected chi connectivity index (χ0v) is 19.7. The van der Waals surface area contributed by atoms with E-state index in [2.05, 4.69) is 5.32 Å². The van der Waals surface area contributed by atoms with Crippen LogP contribution in [0.2, 0.25) is 0 Å². The van der Waals surface area contributed by atoms with Crippen LogP contribution in [0, 0.1) is 26.6 Å². The van der Waals surface area contributed by atoms with Gasteiger partial charge in [-0.3, -0.25) is 4.79 Å². The summed E-state index contributed by atoms with van der Waals surface area (Å²) in [6.07, 6.45) is 1.94. The summed E-state index contributed by atoms with van der Waals surface area (Å²) in [6, 6.07) is 10.4. The third kappa shape index (κ3) is 4.66. The summed E-state index contributed by atoms with van der Waals surface area (Å²) in [5.41, 5.74) is 4.59. The molecular formula is C25H24FN3O3S. The van der Waals surface area contributed by atoms with Crippen molar-refractivity contribution in [3.63, 3.8) is 0 Å². The van der Waals surface area contributed by atoms with Gasteiger partial charge < -0.3 is 14.5 Å². The largest absolute Gasteiger partial charge is 0.462 e. The number of nitrogens with zero attached hydrogens (tertiary/aromatic N) is 2. The Bertz CT molecular complexity index is 1370. The zero-order valence-electron chi connectivity index (χ0n) is 18.9. The van der Waals surface area contributed by atoms with E-state index < -0.39 is 5.97 Å². The first kappa shape index (κ1) is 22.7. The zero-order chi connectivity index (χ0) is 23.7. The van der Waals surface area contributed by atoms with E-state index in [0.717, 1.165) is 16.0 Å². The van der Waals surface area contributed by atoms with Crippen LogP contribution in [0.5, 0.6) is 0 Å². The molecule has 3 heterocycles. The molecule has 0 atom stereocenters. The van der Waals surface area contributed by atoms with Gasteiger partial charge in [0.2, 0.25) is 5.91 Å². The molecule has 0 aliphatic rings. The summed E-state index contributed by atoms with van der Waals surface area (Å²) in [4.78, 5) is 31.0. The number of nitrogens with one attached hydrogen (secondary N) is 1. The third-order valence-corrected chi connectivity index (χ3v) is 6.19. The number of fused-ring (bicyclic) bond motifs is 1. The van der Waals surface area contributed by atoms with Crippen LogP contribution in [-0.2, 0) is 16.0 Å². The average Bonchev–Trinajstić information content (AvgIpc) is 3.30. The molecular weight excluding hydrogens is 441 g/mol. The summed E-state index contributed by atoms with van der Waals surface area (Å²) < 4.78 is 20.9. The summed E-state index contributed by atoms with van der Waals surface area (Å²) in [5, 5.41) is 3.32. The molecule has 0 saturated carbocycles. The Balaban J connectivity index is 1.71. The van der Waals surface area contributed by atoms with Crippen molar-refractivity contribution in [1.29, 1.82) is 0 Å². The fourth-order valence-electron chi connectivity index (χ4n) is 3.68. The van der Waals surface area contributed by atoms with Crippen LogP contribution in [0.25, 0.3) is 16.9 Å². The van der Waals surface area contributed by atoms with Gasteiger partial charge >= 0.3 is 5.97 Å². The van der Waals surface area contributed by atoms with E-state index in [4.69, 9.17) is 9.72 Å². The Morgan fingerprint density at radius 3 is 2.67 bits per heavy atom. The first-order chi connectivity index (χ1) is 15.8. The van der Waals surface area contributed by atoms with E-state index in [1.807, 2.05) is 36.6 Å². The molecule has 1 amide bonds. The highest BCUT2D eigenvalue weighted by molar-refractivity contribution is 7.16. The van der Waals surface area contributed by atoms with Crippen molar-refractivity contribution in [2.24, 2.45) is 0 Å². The first-order valence-electron chi connectivity index (χ1n) is 10.6. The number of amides is 1. The highest BCUT2D eigenvalue weighted by Gasteiger charge is 2.21. The number of halogens is 1. The molecule has 0 unspecified atom stereocenters. The second kappa shape index (κ2) is 9.15. The minimum atomic E-state index is -0.468. The molecule has 4 rings (SSSR count). The SMILES string of the molecule is CCOC(=O)c1cc(C)sc1NC(=O)Cc1c(-c2ccc(F)c(C)c2)nc2ccc(C)cn12. The van der Waals surface area contributed by atoms with Crippen LogP contribution in [0.1, 0.15) is 39.0 Å². The summed E-state index contributed by atoms with van der Waals surface area (Å²) >= 11 is 1.32. The number of benzene rings is 1. The maximum absolute atomic E-state index is 13.9. The number of carbonyl (C=O) groups is 2. The smallest absolute Gasteiger partial charge is 0.341 e. The number of aromatic nitrogens is 2. The summed E-state index contributed by atoms with van der Waals surface area (Å²) in [6.45, 7) is 7.51. The standard InChI is InChI=1S/C25H24FN3O3S/c1-5-32-25(31)18-11-16(4)33-24(18)28-22(30)12-20-23(17-7-8-19(26)15(3)10-17)27-21-9-6-14(2)13-29(20)21/h6-11,13H,5,12H2,1-4H3,(H,28,30). The number of hydrogen-bond acceptors (Lipinski definition) is 5. The van der Waals surface area contributed by atoms with Crippen LogP contribution in [0.3, 0.4) is 0 Å². The lowest BCUT2D eigenvalue weighted by molar-refractivity contribution is -0.115. The molecule has 8 heteroatoms. The molecule has 1 N–H and O–H groups in total. The van der Waals surface area contributed by atoms with E-state index in [-0.39, 0.29) is 24.8 Å². The molecule has 0 aliphatic heterocycles. The average molecular weight is 466 g/mol. The number of hydrogen-bond donors (Lipinski definition) is 1. The molecule has 0 spiro atoms. The normalized spacial score (nSPS) is 11.1. The molecule has 170 valence electrons. The number of carbonyl (C=O) groups excluding carboxylic acids is 2. The lowest BCUT2D eigenvalue weighted by Gasteiger charge is -2.09. The van der Waals surface area contributed by atoms with Gasteiger partial charge in [-0.05, 0) is 69.2 Å². The fraction of sp³-hybridized carbons (Fsp3) is 0.240. The second-order valence-corrected chi connectivity index (χ2v) is 9.11. The Kier molecular flexibility index (Phi) is 6.29. The highest BCUT2D eigenvalue weighted by Crippen LogP contribution is 2.30. The van der Waals surface area contributed by atoms with Crippen LogP contribution >= 0.6 is 11.3 Å². The maximum Gasteiger partial charge on any atom is 0.341 e. The number of aryl methyl sites for hydroxylation is 3. The molecule has 33 heavy (non-hydrogen) atoms. The Morgan fingerprint density at radius 1 is 1.15 bits per heavy atom. The van der Waals surface area contributed by atoms with Gasteiger partial charge in [-0.1, -0.05) is 6.07 Å². The van der Waals surface area contributed by atoms with E-state index in [1.165, 1.54) is 17.4 Å². The number of esters is 1. The predicted octanol–water partition coefficient (Wildman–Crippen LogP) is 5.49. The maximum atomic E-state index is 13.9. The fourth-order valence-corrected chi connectivity index (χ4v) is 4.60. The number of imidazole rings is 1. The Morgan fingerprint density at radius 2 is 1.94 bits per heavy atom. The lowest BCUT2D eigenvalue weighted by Crippen LogP contribution is -2.17. The minimum absolute atomic E-state index is 0.0234. The molecule has 0 radical (unpaired) electrons. The van der Waals surface area contributed by atoms with Crippen LogP contribution < -0.4 is 5.32 Å². The highest BCUT2D eigenvalue weighted by atomic mass is 32.1. The number of rotatable bonds is 6. The monoisotopic (exact) mass is 465 g/mol. The minimum Gasteiger partial charge on any atom is -0.462 e. The van der Waals surface area contributed by atoms with Crippen molar-refractivity contribution >= 4 is 33.9 Å². The molecule has 4 aromatic rings. The molecule has 0 bridgehead atoms. The number of pyridine rings is 1. The van der Waals surface area contributed by atoms with Crippen molar-refractivity contribution in [3.05, 3.63) is 75.7 Å². The van der Waals surface area contributed by atoms with Crippen molar-refractivity contribution in [2.75, 3.05) is 11.9 Å². The van der Waals surface area contributed by atoms with Crippen molar-refractivity contribution in [1.82, 2.24) is 9.38 Å². The predicted molar refractivity (Wildman–Crippen MR) is 127 cm³/mol. The third-order valence-electron chi connectivity index (χ3n) is 5.23. The van der Waals surface area contributed by atoms with Gasteiger partial charge in [0.15, 0.2) is 0 Å². The van der Waals surface area contributed by atoms with E-state index in [9.17, 15) is 14.0 Å². The summed E-state index contributed by atoms with van der Waals surface area (Å²) in [7, 11) is 0. The molecule has 0 saturated heterocycles. The van der Waals surface area contributed by atoms with E-state index >= 15 is 0 Å². The van der Waals surface area contributed by atoms with Crippen molar-refractivity contribution in [2.45, 2.75) is 34.1 Å². The Hall–Kier alpha value is -3.52. The van der Waals surface area contributed by atoms with Gasteiger partial charge in [0, 0.05) is 16.6 Å². The lowest BCUT2D eigenvalue weighted by atomic mass is 10.1. The van der Waals surface area contributed by atoms with Gasteiger partial charge in [-0.25, -0.2) is 14.2 Å². The molecule has 3 aromatic heterocycles. The Labute approximate surface area is 195 Å². The number of thiophene rings is 1. The topological polar surface area (TPSA) is 72.7 Å². The van der Waals surface area contributed by atoms with Gasteiger partial charge in [0.1, 0.15) is 16.5 Å². The van der Waals surface area contributed by atoms with E-state index in [0.29, 0.717) is 33.2 Å². The summed E-state index contributed by atoms with van der Waals surface area (Å²) in [5.74, 6) is -1.05. The van der Waals surface area contributed by atoms with Crippen LogP contribution in [-0.4, -0.2) is 27.9 Å². The molecule has 1 aromatic carbocycles. The number of ether oxygens (including phenoxy) is 1. The van der Waals surface area contributed by atoms with Crippen LogP contribution in [0.4, 0.5) is 9.39 Å². The van der Waals surface area contributed by atoms with Gasteiger partial charge in [0.05, 0.1) is 30.0 Å². The molecule has 0 aliphatic carbocycles. The second-order valence-electron chi connectivity index (χ2n) is 7.85. The van der Waals surface area contributed by atoms with Crippen molar-refractivity contribution in [3.8, 4) is 11.3 Å². The van der Waals surface area contributed by atoms with Gasteiger partial charge in [-0.15, -0.1) is 11.3 Å². The quantitative estimate of drug-likeness (QED) is 0.383. The van der Waals surface area contributed by atoms with E-state index in [1.54, 1.807) is 32.0 Å². The first-order valence-corrected chi connectivity index (χ1v) is 11.4.